The Labute approximate surface area is 119 Å². The number of nitrogen functional groups attached to an aromatic ring is 1. The number of aromatic nitrogens is 2. The van der Waals surface area contributed by atoms with Crippen molar-refractivity contribution in [2.45, 2.75) is 51.7 Å². The number of nitrogens with two attached hydrogens (primary N) is 1. The molecule has 4 heteroatoms. The molecule has 2 N–H and O–H groups in total. The Morgan fingerprint density at radius 1 is 1.45 bits per heavy atom. The van der Waals surface area contributed by atoms with Crippen LogP contribution in [0, 0.1) is 0 Å². The van der Waals surface area contributed by atoms with Crippen molar-refractivity contribution in [3.05, 3.63) is 24.0 Å². The van der Waals surface area contributed by atoms with Gasteiger partial charge in [-0.25, -0.2) is 4.98 Å². The highest BCUT2D eigenvalue weighted by molar-refractivity contribution is 5.79. The number of hydrogen-bond acceptors (Lipinski definition) is 3. The predicted molar refractivity (Wildman–Crippen MR) is 81.8 cm³/mol. The quantitative estimate of drug-likeness (QED) is 0.854. The second kappa shape index (κ2) is 4.77. The van der Waals surface area contributed by atoms with Crippen molar-refractivity contribution >= 4 is 16.7 Å². The van der Waals surface area contributed by atoms with E-state index in [0.29, 0.717) is 6.04 Å². The van der Waals surface area contributed by atoms with Gasteiger partial charge in [0.1, 0.15) is 5.82 Å². The molecule has 1 atom stereocenters. The van der Waals surface area contributed by atoms with Gasteiger partial charge in [0.05, 0.1) is 16.6 Å². The number of anilines is 1. The Bertz CT molecular complexity index is 630. The fourth-order valence-electron chi connectivity index (χ4n) is 3.24. The van der Waals surface area contributed by atoms with Crippen LogP contribution in [-0.4, -0.2) is 21.8 Å². The Morgan fingerprint density at radius 3 is 2.95 bits per heavy atom. The second-order valence-corrected chi connectivity index (χ2v) is 6.25. The van der Waals surface area contributed by atoms with Crippen LogP contribution >= 0.6 is 0 Å². The van der Waals surface area contributed by atoms with E-state index in [1.807, 2.05) is 12.1 Å². The Hall–Kier alpha value is -1.55. The molecule has 0 bridgehead atoms. The molecular weight excluding hydrogens is 250 g/mol. The number of aryl methyl sites for hydroxylation is 1. The van der Waals surface area contributed by atoms with Crippen molar-refractivity contribution in [1.29, 1.82) is 0 Å². The highest BCUT2D eigenvalue weighted by Crippen LogP contribution is 2.35. The number of imidazole rings is 1. The van der Waals surface area contributed by atoms with Crippen LogP contribution in [0.2, 0.25) is 0 Å². The van der Waals surface area contributed by atoms with E-state index in [1.165, 1.54) is 5.52 Å². The second-order valence-electron chi connectivity index (χ2n) is 6.25. The lowest BCUT2D eigenvalue weighted by atomic mass is 9.93. The van der Waals surface area contributed by atoms with Crippen LogP contribution in [-0.2, 0) is 11.2 Å². The average molecular weight is 273 g/mol. The summed E-state index contributed by atoms with van der Waals surface area (Å²) in [5, 5.41) is 0. The summed E-state index contributed by atoms with van der Waals surface area (Å²) >= 11 is 0. The zero-order valence-electron chi connectivity index (χ0n) is 12.5. The fourth-order valence-corrected chi connectivity index (χ4v) is 3.24. The first-order valence-electron chi connectivity index (χ1n) is 7.40. The molecule has 1 aromatic carbocycles. The van der Waals surface area contributed by atoms with Gasteiger partial charge in [0.15, 0.2) is 0 Å². The minimum absolute atomic E-state index is 0.0572. The van der Waals surface area contributed by atoms with Gasteiger partial charge in [-0.2, -0.15) is 0 Å². The minimum Gasteiger partial charge on any atom is -0.399 e. The van der Waals surface area contributed by atoms with Crippen molar-refractivity contribution in [3.63, 3.8) is 0 Å². The van der Waals surface area contributed by atoms with E-state index in [0.717, 1.165) is 42.9 Å². The molecule has 2 heterocycles. The van der Waals surface area contributed by atoms with Gasteiger partial charge in [-0.3, -0.25) is 0 Å². The third kappa shape index (κ3) is 2.29. The zero-order chi connectivity index (χ0) is 14.3. The fraction of sp³-hybridized carbons (Fsp3) is 0.562. The van der Waals surface area contributed by atoms with Gasteiger partial charge >= 0.3 is 0 Å². The Balaban J connectivity index is 2.09. The van der Waals surface area contributed by atoms with Crippen LogP contribution in [0.25, 0.3) is 11.0 Å². The van der Waals surface area contributed by atoms with Crippen molar-refractivity contribution < 1.29 is 4.74 Å². The summed E-state index contributed by atoms with van der Waals surface area (Å²) in [4.78, 5) is 4.76. The Kier molecular flexibility index (Phi) is 3.21. The van der Waals surface area contributed by atoms with Crippen LogP contribution in [0.4, 0.5) is 5.69 Å². The van der Waals surface area contributed by atoms with Gasteiger partial charge in [-0.1, -0.05) is 6.92 Å². The molecule has 20 heavy (non-hydrogen) atoms. The molecule has 0 aliphatic carbocycles. The third-order valence-corrected chi connectivity index (χ3v) is 4.14. The summed E-state index contributed by atoms with van der Waals surface area (Å²) in [7, 11) is 0. The third-order valence-electron chi connectivity index (χ3n) is 4.14. The maximum atomic E-state index is 5.88. The number of nitrogens with zero attached hydrogens (tertiary/aromatic N) is 2. The van der Waals surface area contributed by atoms with Crippen molar-refractivity contribution in [2.24, 2.45) is 0 Å². The van der Waals surface area contributed by atoms with Crippen molar-refractivity contribution in [3.8, 4) is 0 Å². The van der Waals surface area contributed by atoms with E-state index in [4.69, 9.17) is 15.5 Å². The number of benzene rings is 1. The van der Waals surface area contributed by atoms with Gasteiger partial charge in [-0.05, 0) is 44.9 Å². The van der Waals surface area contributed by atoms with Crippen LogP contribution < -0.4 is 5.73 Å². The van der Waals surface area contributed by atoms with E-state index >= 15 is 0 Å². The van der Waals surface area contributed by atoms with E-state index in [1.54, 1.807) is 0 Å². The standard InChI is InChI=1S/C16H23N3O/c1-4-15-18-13-9-11(17)5-6-14(13)19(15)12-7-8-20-16(2,3)10-12/h5-6,9,12H,4,7-8,10,17H2,1-3H3. The molecule has 0 spiro atoms. The monoisotopic (exact) mass is 273 g/mol. The first kappa shape index (κ1) is 13.4. The lowest BCUT2D eigenvalue weighted by molar-refractivity contribution is -0.0688. The van der Waals surface area contributed by atoms with Crippen molar-refractivity contribution in [1.82, 2.24) is 9.55 Å². The first-order chi connectivity index (χ1) is 9.50. The number of ether oxygens (including phenoxy) is 1. The van der Waals surface area contributed by atoms with Gasteiger partial charge in [0, 0.05) is 24.8 Å². The van der Waals surface area contributed by atoms with E-state index in [9.17, 15) is 0 Å². The largest absolute Gasteiger partial charge is 0.399 e. The highest BCUT2D eigenvalue weighted by Gasteiger charge is 2.31. The lowest BCUT2D eigenvalue weighted by Gasteiger charge is -2.37. The van der Waals surface area contributed by atoms with Gasteiger partial charge < -0.3 is 15.0 Å². The summed E-state index contributed by atoms with van der Waals surface area (Å²) < 4.78 is 8.25. The topological polar surface area (TPSA) is 53.1 Å². The van der Waals surface area contributed by atoms with Crippen molar-refractivity contribution in [2.75, 3.05) is 12.3 Å². The van der Waals surface area contributed by atoms with Gasteiger partial charge in [0.25, 0.3) is 0 Å². The summed E-state index contributed by atoms with van der Waals surface area (Å²) in [6.45, 7) is 7.31. The molecule has 1 aliphatic heterocycles. The number of fused-ring (bicyclic) bond motifs is 1. The summed E-state index contributed by atoms with van der Waals surface area (Å²) in [6, 6.07) is 6.49. The average Bonchev–Trinajstić information content (AvgIpc) is 2.74. The first-order valence-corrected chi connectivity index (χ1v) is 7.40. The van der Waals surface area contributed by atoms with E-state index in [-0.39, 0.29) is 5.60 Å². The molecule has 1 unspecified atom stereocenters. The molecule has 4 nitrogen and oxygen atoms in total. The molecule has 1 aliphatic rings. The maximum Gasteiger partial charge on any atom is 0.109 e. The molecule has 0 amide bonds. The summed E-state index contributed by atoms with van der Waals surface area (Å²) in [5.74, 6) is 1.15. The van der Waals surface area contributed by atoms with Crippen LogP contribution in [0.15, 0.2) is 18.2 Å². The maximum absolute atomic E-state index is 5.88. The summed E-state index contributed by atoms with van der Waals surface area (Å²) in [5.41, 5.74) is 8.79. The van der Waals surface area contributed by atoms with Crippen LogP contribution in [0.1, 0.15) is 45.5 Å². The zero-order valence-corrected chi connectivity index (χ0v) is 12.5. The minimum atomic E-state index is -0.0572. The molecule has 108 valence electrons. The SMILES string of the molecule is CCc1nc2cc(N)ccc2n1C1CCOC(C)(C)C1. The van der Waals surface area contributed by atoms with Crippen LogP contribution in [0.3, 0.4) is 0 Å². The predicted octanol–water partition coefficient (Wildman–Crippen LogP) is 3.31. The number of rotatable bonds is 2. The molecule has 2 aromatic rings. The Morgan fingerprint density at radius 2 is 2.25 bits per heavy atom. The van der Waals surface area contributed by atoms with Gasteiger partial charge in [0.2, 0.25) is 0 Å². The summed E-state index contributed by atoms with van der Waals surface area (Å²) in [6.07, 6.45) is 3.01. The smallest absolute Gasteiger partial charge is 0.109 e. The molecule has 0 radical (unpaired) electrons. The highest BCUT2D eigenvalue weighted by atomic mass is 16.5. The molecule has 3 rings (SSSR count). The molecule has 1 aromatic heterocycles. The number of hydrogen-bond donors (Lipinski definition) is 1. The molecule has 1 fully saturated rings. The molecule has 1 saturated heterocycles. The van der Waals surface area contributed by atoms with Gasteiger partial charge in [-0.15, -0.1) is 0 Å². The lowest BCUT2D eigenvalue weighted by Crippen LogP contribution is -2.35. The molecule has 0 saturated carbocycles. The normalized spacial score (nSPS) is 22.2. The van der Waals surface area contributed by atoms with E-state index < -0.39 is 0 Å². The van der Waals surface area contributed by atoms with Crippen LogP contribution in [0.5, 0.6) is 0 Å². The van der Waals surface area contributed by atoms with E-state index in [2.05, 4.69) is 31.4 Å². The molecular formula is C16H23N3O.